The molecule has 1 aromatic rings. The lowest BCUT2D eigenvalue weighted by atomic mass is 10.2. The van der Waals surface area contributed by atoms with E-state index in [-0.39, 0.29) is 11.3 Å². The number of Topliss-reactive ketones (excluding diaryl/α,β-unsaturated/α-hetero) is 1. The van der Waals surface area contributed by atoms with Crippen LogP contribution in [0.2, 0.25) is 0 Å². The molecule has 0 fully saturated rings. The molecule has 0 atom stereocenters. The summed E-state index contributed by atoms with van der Waals surface area (Å²) in [6.45, 7) is 4.40. The molecule has 1 N–H and O–H groups in total. The molecule has 0 radical (unpaired) electrons. The lowest BCUT2D eigenvalue weighted by Gasteiger charge is -2.18. The van der Waals surface area contributed by atoms with Gasteiger partial charge in [0.1, 0.15) is 10.5 Å². The Bertz CT molecular complexity index is 615. The molecular weight excluding hydrogens is 354 g/mol. The third-order valence-electron chi connectivity index (χ3n) is 1.97. The number of nitrogens with one attached hydrogen (secondary N) is 1. The van der Waals surface area contributed by atoms with Crippen molar-refractivity contribution in [3.05, 3.63) is 10.6 Å². The summed E-state index contributed by atoms with van der Waals surface area (Å²) in [7, 11) is 0. The zero-order valence-electron chi connectivity index (χ0n) is 11.8. The molecule has 1 rings (SSSR count). The first-order valence-electron chi connectivity index (χ1n) is 5.81. The highest BCUT2D eigenvalue weighted by molar-refractivity contribution is 7.17. The third kappa shape index (κ3) is 5.37. The van der Waals surface area contributed by atoms with Gasteiger partial charge in [-0.1, -0.05) is 11.3 Å². The summed E-state index contributed by atoms with van der Waals surface area (Å²) >= 11 is -0.237. The van der Waals surface area contributed by atoms with E-state index in [2.05, 4.69) is 4.98 Å². The van der Waals surface area contributed by atoms with Gasteiger partial charge < -0.3 is 4.74 Å². The number of carbonyl (C=O) groups is 2. The number of aromatic nitrogens is 1. The highest BCUT2D eigenvalue weighted by Gasteiger charge is 2.47. The first-order valence-corrected chi connectivity index (χ1v) is 6.62. The highest BCUT2D eigenvalue weighted by Crippen LogP contribution is 2.39. The molecule has 1 heterocycles. The first-order chi connectivity index (χ1) is 10.1. The van der Waals surface area contributed by atoms with Gasteiger partial charge in [0.15, 0.2) is 10.8 Å². The Kier molecular flexibility index (Phi) is 4.99. The second-order valence-electron chi connectivity index (χ2n) is 5.15. The Hall–Kier alpha value is -1.85. The lowest BCUT2D eigenvalue weighted by molar-refractivity contribution is -0.141. The Balaban J connectivity index is 3.16. The number of carbonyl (C=O) groups excluding carboxylic acids is 2. The zero-order valence-corrected chi connectivity index (χ0v) is 12.7. The van der Waals surface area contributed by atoms with Crippen molar-refractivity contribution in [2.75, 3.05) is 5.32 Å². The number of thiazole rings is 1. The summed E-state index contributed by atoms with van der Waals surface area (Å²) in [6, 6.07) is 0. The average Bonchev–Trinajstić information content (AvgIpc) is 2.67. The fourth-order valence-corrected chi connectivity index (χ4v) is 2.17. The normalized spacial score (nSPS) is 12.9. The fraction of sp³-hybridized carbons (Fsp3) is 0.545. The molecule has 0 aliphatic heterocycles. The van der Waals surface area contributed by atoms with Gasteiger partial charge in [0, 0.05) is 0 Å². The van der Waals surface area contributed by atoms with Crippen LogP contribution in [0.4, 0.5) is 36.3 Å². The van der Waals surface area contributed by atoms with Crippen LogP contribution in [0.3, 0.4) is 0 Å². The minimum Gasteiger partial charge on any atom is -0.444 e. The average molecular weight is 364 g/mol. The molecule has 0 aromatic carbocycles. The number of ether oxygens (including phenoxy) is 1. The molecule has 0 saturated carbocycles. The minimum absolute atomic E-state index is 0.237. The Morgan fingerprint density at radius 2 is 1.61 bits per heavy atom. The van der Waals surface area contributed by atoms with Crippen molar-refractivity contribution in [2.45, 2.75) is 38.7 Å². The van der Waals surface area contributed by atoms with Gasteiger partial charge in [0.05, 0.1) is 0 Å². The van der Waals surface area contributed by atoms with Crippen LogP contribution in [0.25, 0.3) is 0 Å². The molecule has 130 valence electrons. The van der Waals surface area contributed by atoms with Crippen LogP contribution in [-0.2, 0) is 10.9 Å². The topological polar surface area (TPSA) is 68.3 Å². The van der Waals surface area contributed by atoms with E-state index in [9.17, 15) is 35.9 Å². The minimum atomic E-state index is -5.50. The van der Waals surface area contributed by atoms with E-state index >= 15 is 0 Å². The molecule has 0 saturated heterocycles. The fourth-order valence-electron chi connectivity index (χ4n) is 1.24. The number of ketones is 1. The van der Waals surface area contributed by atoms with Gasteiger partial charge in [0.25, 0.3) is 5.78 Å². The summed E-state index contributed by atoms with van der Waals surface area (Å²) in [5.41, 5.74) is -3.00. The van der Waals surface area contributed by atoms with Crippen LogP contribution >= 0.6 is 11.3 Å². The van der Waals surface area contributed by atoms with Gasteiger partial charge in [-0.3, -0.25) is 10.1 Å². The zero-order chi connectivity index (χ0) is 18.2. The van der Waals surface area contributed by atoms with Crippen molar-refractivity contribution in [1.82, 2.24) is 4.98 Å². The first kappa shape index (κ1) is 19.2. The van der Waals surface area contributed by atoms with E-state index in [0.717, 1.165) is 0 Å². The molecule has 0 spiro atoms. The molecule has 5 nitrogen and oxygen atoms in total. The maximum atomic E-state index is 12.7. The van der Waals surface area contributed by atoms with Gasteiger partial charge in [-0.05, 0) is 20.8 Å². The van der Waals surface area contributed by atoms with Crippen molar-refractivity contribution >= 4 is 28.3 Å². The van der Waals surface area contributed by atoms with E-state index in [4.69, 9.17) is 4.74 Å². The number of hydrogen-bond acceptors (Lipinski definition) is 5. The molecular formula is C11H10F6N2O3S. The predicted octanol–water partition coefficient (Wildman–Crippen LogP) is 4.25. The SMILES string of the molecule is CC(C)(C)OC(=O)Nc1nc(C(F)(F)F)c(C(=O)C(F)(F)F)s1. The van der Waals surface area contributed by atoms with Crippen LogP contribution in [0, 0.1) is 0 Å². The Morgan fingerprint density at radius 3 is 2.00 bits per heavy atom. The molecule has 1 aromatic heterocycles. The summed E-state index contributed by atoms with van der Waals surface area (Å²) in [4.78, 5) is 23.7. The molecule has 0 unspecified atom stereocenters. The smallest absolute Gasteiger partial charge is 0.444 e. The van der Waals surface area contributed by atoms with Crippen LogP contribution in [-0.4, -0.2) is 28.6 Å². The highest BCUT2D eigenvalue weighted by atomic mass is 32.1. The summed E-state index contributed by atoms with van der Waals surface area (Å²) in [5.74, 6) is -2.69. The quantitative estimate of drug-likeness (QED) is 0.629. The summed E-state index contributed by atoms with van der Waals surface area (Å²) in [5, 5.41) is 0.930. The van der Waals surface area contributed by atoms with Crippen LogP contribution in [0.15, 0.2) is 0 Å². The van der Waals surface area contributed by atoms with E-state index in [1.807, 2.05) is 0 Å². The van der Waals surface area contributed by atoms with E-state index in [0.29, 0.717) is 0 Å². The van der Waals surface area contributed by atoms with Gasteiger partial charge >= 0.3 is 18.4 Å². The van der Waals surface area contributed by atoms with Crippen molar-refractivity contribution < 1.29 is 40.7 Å². The third-order valence-corrected chi connectivity index (χ3v) is 2.94. The lowest BCUT2D eigenvalue weighted by Crippen LogP contribution is -2.27. The number of hydrogen-bond donors (Lipinski definition) is 1. The maximum Gasteiger partial charge on any atom is 0.455 e. The number of amides is 1. The predicted molar refractivity (Wildman–Crippen MR) is 67.4 cm³/mol. The van der Waals surface area contributed by atoms with Gasteiger partial charge in [-0.15, -0.1) is 0 Å². The standard InChI is InChI=1S/C11H10F6N2O3S/c1-9(2,3)22-8(21)19-7-18-5(10(12,13)14)4(23-7)6(20)11(15,16)17/h1-3H3,(H,18,19,21). The van der Waals surface area contributed by atoms with Crippen LogP contribution in [0.5, 0.6) is 0 Å². The summed E-state index contributed by atoms with van der Waals surface area (Å²) < 4.78 is 79.9. The number of anilines is 1. The van der Waals surface area contributed by atoms with E-state index < -0.39 is 45.5 Å². The molecule has 0 bridgehead atoms. The van der Waals surface area contributed by atoms with Crippen LogP contribution in [0.1, 0.15) is 36.1 Å². The number of alkyl halides is 6. The van der Waals surface area contributed by atoms with E-state index in [1.165, 1.54) is 20.8 Å². The monoisotopic (exact) mass is 364 g/mol. The van der Waals surface area contributed by atoms with Gasteiger partial charge in [-0.2, -0.15) is 26.3 Å². The largest absolute Gasteiger partial charge is 0.455 e. The second kappa shape index (κ2) is 5.98. The van der Waals surface area contributed by atoms with Crippen LogP contribution < -0.4 is 5.32 Å². The van der Waals surface area contributed by atoms with E-state index in [1.54, 1.807) is 5.32 Å². The second-order valence-corrected chi connectivity index (χ2v) is 6.15. The number of nitrogens with zero attached hydrogens (tertiary/aromatic N) is 1. The molecule has 12 heteroatoms. The number of rotatable bonds is 2. The molecule has 0 aliphatic carbocycles. The van der Waals surface area contributed by atoms with Gasteiger partial charge in [0.2, 0.25) is 0 Å². The Morgan fingerprint density at radius 1 is 1.09 bits per heavy atom. The van der Waals surface area contributed by atoms with Gasteiger partial charge in [-0.25, -0.2) is 9.78 Å². The Labute approximate surface area is 129 Å². The molecule has 23 heavy (non-hydrogen) atoms. The van der Waals surface area contributed by atoms with Crippen molar-refractivity contribution in [1.29, 1.82) is 0 Å². The molecule has 1 amide bonds. The summed E-state index contributed by atoms with van der Waals surface area (Å²) in [6.07, 6.45) is -12.0. The van der Waals surface area contributed by atoms with Crippen molar-refractivity contribution in [3.63, 3.8) is 0 Å². The molecule has 0 aliphatic rings. The maximum absolute atomic E-state index is 12.7. The van der Waals surface area contributed by atoms with Crippen molar-refractivity contribution in [3.8, 4) is 0 Å². The number of halogens is 6. The van der Waals surface area contributed by atoms with Crippen molar-refractivity contribution in [2.24, 2.45) is 0 Å².